The largest absolute Gasteiger partial charge is 0.466 e. The van der Waals surface area contributed by atoms with Gasteiger partial charge in [0.05, 0.1) is 18.4 Å². The number of rotatable bonds is 5. The number of ether oxygens (including phenoxy) is 2. The van der Waals surface area contributed by atoms with E-state index in [2.05, 4.69) is 0 Å². The molecule has 1 heterocycles. The van der Waals surface area contributed by atoms with Crippen LogP contribution in [0.1, 0.15) is 51.7 Å². The number of hydrogen-bond acceptors (Lipinski definition) is 5. The molecule has 2 amide bonds. The van der Waals surface area contributed by atoms with Crippen molar-refractivity contribution in [1.82, 2.24) is 4.90 Å². The second-order valence-corrected chi connectivity index (χ2v) is 8.10. The highest BCUT2D eigenvalue weighted by Gasteiger charge is 2.43. The lowest BCUT2D eigenvalue weighted by Gasteiger charge is -2.40. The quantitative estimate of drug-likeness (QED) is 0.779. The average Bonchev–Trinajstić information content (AvgIpc) is 2.60. The van der Waals surface area contributed by atoms with Crippen molar-refractivity contribution in [2.24, 2.45) is 5.73 Å². The van der Waals surface area contributed by atoms with E-state index in [0.717, 1.165) is 11.1 Å². The Morgan fingerprint density at radius 1 is 1.18 bits per heavy atom. The molecule has 154 valence electrons. The summed E-state index contributed by atoms with van der Waals surface area (Å²) >= 11 is 0. The number of benzene rings is 1. The molecule has 2 rings (SSSR count). The highest BCUT2D eigenvalue weighted by molar-refractivity contribution is 5.87. The molecule has 0 unspecified atom stereocenters. The zero-order valence-corrected chi connectivity index (χ0v) is 17.1. The highest BCUT2D eigenvalue weighted by atomic mass is 16.6. The highest BCUT2D eigenvalue weighted by Crippen LogP contribution is 2.36. The molecule has 2 N–H and O–H groups in total. The van der Waals surface area contributed by atoms with Crippen LogP contribution in [0.15, 0.2) is 24.3 Å². The van der Waals surface area contributed by atoms with Gasteiger partial charge < -0.3 is 20.1 Å². The van der Waals surface area contributed by atoms with Crippen LogP contribution in [-0.2, 0) is 30.9 Å². The predicted octanol–water partition coefficient (Wildman–Crippen LogP) is 2.55. The number of amides is 2. The molecule has 1 aliphatic heterocycles. The van der Waals surface area contributed by atoms with Gasteiger partial charge in [-0.3, -0.25) is 9.59 Å². The molecule has 1 aromatic carbocycles. The van der Waals surface area contributed by atoms with Crippen molar-refractivity contribution in [2.45, 2.75) is 58.0 Å². The Balaban J connectivity index is 2.17. The zero-order chi connectivity index (χ0) is 20.9. The van der Waals surface area contributed by atoms with Crippen LogP contribution in [-0.4, -0.2) is 48.2 Å². The van der Waals surface area contributed by atoms with E-state index in [1.165, 1.54) is 0 Å². The first-order valence-electron chi connectivity index (χ1n) is 9.60. The summed E-state index contributed by atoms with van der Waals surface area (Å²) < 4.78 is 10.4. The van der Waals surface area contributed by atoms with Crippen LogP contribution in [0.5, 0.6) is 0 Å². The van der Waals surface area contributed by atoms with E-state index in [1.807, 2.05) is 45.0 Å². The topological polar surface area (TPSA) is 98.9 Å². The Kier molecular flexibility index (Phi) is 6.69. The van der Waals surface area contributed by atoms with E-state index in [9.17, 15) is 14.4 Å². The monoisotopic (exact) mass is 390 g/mol. The van der Waals surface area contributed by atoms with E-state index >= 15 is 0 Å². The number of hydrogen-bond donors (Lipinski definition) is 1. The van der Waals surface area contributed by atoms with Crippen molar-refractivity contribution >= 4 is 18.0 Å². The fraction of sp³-hybridized carbons (Fsp3) is 0.571. The summed E-state index contributed by atoms with van der Waals surface area (Å²) in [5.74, 6) is -0.739. The predicted molar refractivity (Wildman–Crippen MR) is 105 cm³/mol. The van der Waals surface area contributed by atoms with Gasteiger partial charge in [-0.25, -0.2) is 4.79 Å². The Hall–Kier alpha value is -2.57. The summed E-state index contributed by atoms with van der Waals surface area (Å²) in [7, 11) is 0. The van der Waals surface area contributed by atoms with Gasteiger partial charge in [-0.1, -0.05) is 24.3 Å². The van der Waals surface area contributed by atoms with Crippen molar-refractivity contribution in [3.8, 4) is 0 Å². The first-order chi connectivity index (χ1) is 13.1. The van der Waals surface area contributed by atoms with Crippen LogP contribution in [0.25, 0.3) is 0 Å². The smallest absolute Gasteiger partial charge is 0.410 e. The first-order valence-corrected chi connectivity index (χ1v) is 9.60. The Morgan fingerprint density at radius 2 is 1.82 bits per heavy atom. The number of carbonyl (C=O) groups excluding carboxylic acids is 3. The molecule has 0 aromatic heterocycles. The summed E-state index contributed by atoms with van der Waals surface area (Å²) in [5, 5.41) is 0. The van der Waals surface area contributed by atoms with Crippen molar-refractivity contribution in [2.75, 3.05) is 19.7 Å². The minimum Gasteiger partial charge on any atom is -0.466 e. The second-order valence-electron chi connectivity index (χ2n) is 8.10. The minimum absolute atomic E-state index is 0.139. The molecule has 28 heavy (non-hydrogen) atoms. The number of nitrogens with two attached hydrogens (primary N) is 1. The third-order valence-corrected chi connectivity index (χ3v) is 4.87. The molecule has 7 nitrogen and oxygen atoms in total. The van der Waals surface area contributed by atoms with Gasteiger partial charge in [0.1, 0.15) is 5.60 Å². The van der Waals surface area contributed by atoms with E-state index in [4.69, 9.17) is 15.2 Å². The molecule has 1 aromatic rings. The number of piperidine rings is 1. The number of esters is 1. The number of likely N-dealkylation sites (tertiary alicyclic amines) is 1. The summed E-state index contributed by atoms with van der Waals surface area (Å²) in [6, 6.07) is 7.33. The molecular weight excluding hydrogens is 360 g/mol. The van der Waals surface area contributed by atoms with E-state index in [0.29, 0.717) is 32.5 Å². The van der Waals surface area contributed by atoms with Crippen LogP contribution in [0.3, 0.4) is 0 Å². The summed E-state index contributed by atoms with van der Waals surface area (Å²) in [6.07, 6.45) is 0.566. The van der Waals surface area contributed by atoms with Crippen molar-refractivity contribution in [1.29, 1.82) is 0 Å². The lowest BCUT2D eigenvalue weighted by atomic mass is 9.72. The fourth-order valence-corrected chi connectivity index (χ4v) is 3.43. The van der Waals surface area contributed by atoms with Crippen LogP contribution in [0.4, 0.5) is 4.79 Å². The van der Waals surface area contributed by atoms with Crippen LogP contribution < -0.4 is 5.73 Å². The number of nitrogens with zero attached hydrogens (tertiary/aromatic N) is 1. The Bertz CT molecular complexity index is 731. The van der Waals surface area contributed by atoms with Gasteiger partial charge in [-0.15, -0.1) is 0 Å². The Morgan fingerprint density at radius 3 is 2.36 bits per heavy atom. The maximum Gasteiger partial charge on any atom is 0.410 e. The van der Waals surface area contributed by atoms with Gasteiger partial charge in [0.25, 0.3) is 0 Å². The molecule has 0 atom stereocenters. The first kappa shape index (κ1) is 21.7. The molecule has 0 aliphatic carbocycles. The maximum absolute atomic E-state index is 12.4. The van der Waals surface area contributed by atoms with E-state index < -0.39 is 16.9 Å². The third kappa shape index (κ3) is 5.24. The van der Waals surface area contributed by atoms with Gasteiger partial charge >= 0.3 is 12.1 Å². The average molecular weight is 390 g/mol. The number of primary amides is 1. The lowest BCUT2D eigenvalue weighted by molar-refractivity contribution is -0.142. The zero-order valence-electron chi connectivity index (χ0n) is 17.1. The van der Waals surface area contributed by atoms with E-state index in [1.54, 1.807) is 11.8 Å². The molecule has 0 bridgehead atoms. The van der Waals surface area contributed by atoms with Crippen molar-refractivity contribution < 1.29 is 23.9 Å². The Labute approximate surface area is 166 Å². The lowest BCUT2D eigenvalue weighted by Crippen LogP contribution is -2.52. The second kappa shape index (κ2) is 8.63. The van der Waals surface area contributed by atoms with Gasteiger partial charge in [-0.05, 0) is 51.7 Å². The molecule has 1 fully saturated rings. The molecular formula is C21H30N2O5. The third-order valence-electron chi connectivity index (χ3n) is 4.87. The molecule has 1 saturated heterocycles. The van der Waals surface area contributed by atoms with Crippen LogP contribution in [0, 0.1) is 0 Å². The standard InChI is InChI=1S/C21H30N2O5/c1-5-27-17(24)14-15-7-6-8-16(13-15)21(18(22)25)9-11-23(12-10-21)19(26)28-20(2,3)4/h6-8,13H,5,9-12,14H2,1-4H3,(H2,22,25). The van der Waals surface area contributed by atoms with Gasteiger partial charge in [-0.2, -0.15) is 0 Å². The maximum atomic E-state index is 12.4. The van der Waals surface area contributed by atoms with Crippen molar-refractivity contribution in [3.05, 3.63) is 35.4 Å². The normalized spacial score (nSPS) is 16.4. The van der Waals surface area contributed by atoms with Crippen LogP contribution in [0.2, 0.25) is 0 Å². The SMILES string of the molecule is CCOC(=O)Cc1cccc(C2(C(N)=O)CCN(C(=O)OC(C)(C)C)CC2)c1. The molecule has 0 saturated carbocycles. The minimum atomic E-state index is -0.872. The van der Waals surface area contributed by atoms with Crippen molar-refractivity contribution in [3.63, 3.8) is 0 Å². The summed E-state index contributed by atoms with van der Waals surface area (Å²) in [4.78, 5) is 38.1. The molecule has 0 radical (unpaired) electrons. The van der Waals surface area contributed by atoms with Gasteiger partial charge in [0.2, 0.25) is 5.91 Å². The van der Waals surface area contributed by atoms with Gasteiger partial charge in [0, 0.05) is 13.1 Å². The van der Waals surface area contributed by atoms with Gasteiger partial charge in [0.15, 0.2) is 0 Å². The van der Waals surface area contributed by atoms with E-state index in [-0.39, 0.29) is 18.5 Å². The molecule has 0 spiro atoms. The summed E-state index contributed by atoms with van der Waals surface area (Å²) in [5.41, 5.74) is 5.89. The summed E-state index contributed by atoms with van der Waals surface area (Å²) in [6.45, 7) is 8.28. The molecule has 1 aliphatic rings. The fourth-order valence-electron chi connectivity index (χ4n) is 3.43. The number of carbonyl (C=O) groups is 3. The molecule has 7 heteroatoms. The van der Waals surface area contributed by atoms with Crippen LogP contribution >= 0.6 is 0 Å².